The minimum Gasteiger partial charge on any atom is -0.354 e. The van der Waals surface area contributed by atoms with Gasteiger partial charge in [0.2, 0.25) is 0 Å². The molecule has 1 aromatic carbocycles. The van der Waals surface area contributed by atoms with Crippen molar-refractivity contribution < 1.29 is 0 Å². The van der Waals surface area contributed by atoms with Crippen molar-refractivity contribution in [1.82, 2.24) is 15.3 Å². The normalized spacial score (nSPS) is 19.2. The van der Waals surface area contributed by atoms with Crippen LogP contribution in [0.5, 0.6) is 0 Å². The van der Waals surface area contributed by atoms with E-state index >= 15 is 0 Å². The van der Waals surface area contributed by atoms with Crippen molar-refractivity contribution in [3.05, 3.63) is 30.5 Å². The first-order chi connectivity index (χ1) is 8.86. The van der Waals surface area contributed by atoms with Crippen LogP contribution < -0.4 is 10.2 Å². The molecule has 3 rings (SSSR count). The molecule has 0 saturated carbocycles. The van der Waals surface area contributed by atoms with Crippen LogP contribution in [0.1, 0.15) is 12.8 Å². The van der Waals surface area contributed by atoms with E-state index < -0.39 is 0 Å². The van der Waals surface area contributed by atoms with Crippen LogP contribution in [0.15, 0.2) is 30.5 Å². The Balaban J connectivity index is 0.00000133. The van der Waals surface area contributed by atoms with Crippen molar-refractivity contribution >= 4 is 29.3 Å². The van der Waals surface area contributed by atoms with Crippen LogP contribution in [0.2, 0.25) is 0 Å². The molecule has 0 aliphatic carbocycles. The van der Waals surface area contributed by atoms with E-state index in [1.807, 2.05) is 37.5 Å². The summed E-state index contributed by atoms with van der Waals surface area (Å²) in [4.78, 5) is 11.5. The predicted octanol–water partition coefficient (Wildman–Crippen LogP) is 2.24. The van der Waals surface area contributed by atoms with E-state index in [1.54, 1.807) is 0 Å². The molecule has 1 unspecified atom stereocenters. The lowest BCUT2D eigenvalue weighted by molar-refractivity contribution is 0.447. The monoisotopic (exact) mass is 278 g/mol. The number of hydrogen-bond acceptors (Lipinski definition) is 4. The zero-order chi connectivity index (χ0) is 12.4. The van der Waals surface area contributed by atoms with E-state index in [4.69, 9.17) is 4.98 Å². The van der Waals surface area contributed by atoms with Gasteiger partial charge in [0.25, 0.3) is 0 Å². The van der Waals surface area contributed by atoms with Crippen molar-refractivity contribution in [2.24, 2.45) is 0 Å². The molecule has 1 fully saturated rings. The Labute approximate surface area is 119 Å². The number of anilines is 1. The highest BCUT2D eigenvalue weighted by molar-refractivity contribution is 5.85. The zero-order valence-corrected chi connectivity index (χ0v) is 11.9. The Kier molecular flexibility index (Phi) is 4.56. The summed E-state index contributed by atoms with van der Waals surface area (Å²) in [6, 6.07) is 8.58. The topological polar surface area (TPSA) is 41.0 Å². The predicted molar refractivity (Wildman–Crippen MR) is 81.1 cm³/mol. The third-order valence-corrected chi connectivity index (χ3v) is 3.59. The molecule has 2 aromatic rings. The molecule has 0 radical (unpaired) electrons. The number of fused-ring (bicyclic) bond motifs is 1. The molecule has 0 spiro atoms. The van der Waals surface area contributed by atoms with Crippen molar-refractivity contribution in [2.75, 3.05) is 25.0 Å². The Morgan fingerprint density at radius 1 is 1.26 bits per heavy atom. The average Bonchev–Trinajstić information content (AvgIpc) is 2.47. The smallest absolute Gasteiger partial charge is 0.147 e. The third-order valence-electron chi connectivity index (χ3n) is 3.59. The molecule has 1 aliphatic rings. The molecular formula is C14H19ClN4. The van der Waals surface area contributed by atoms with Gasteiger partial charge in [-0.05, 0) is 32.0 Å². The summed E-state index contributed by atoms with van der Waals surface area (Å²) in [5.41, 5.74) is 1.94. The second-order valence-electron chi connectivity index (χ2n) is 4.79. The van der Waals surface area contributed by atoms with Gasteiger partial charge in [0.15, 0.2) is 0 Å². The van der Waals surface area contributed by atoms with Crippen LogP contribution in [0.4, 0.5) is 5.82 Å². The van der Waals surface area contributed by atoms with Gasteiger partial charge in [-0.15, -0.1) is 12.4 Å². The molecule has 0 amide bonds. The highest BCUT2D eigenvalue weighted by atomic mass is 35.5. The van der Waals surface area contributed by atoms with E-state index in [-0.39, 0.29) is 12.4 Å². The fourth-order valence-electron chi connectivity index (χ4n) is 2.52. The van der Waals surface area contributed by atoms with Crippen molar-refractivity contribution in [3.63, 3.8) is 0 Å². The zero-order valence-electron chi connectivity index (χ0n) is 11.0. The summed E-state index contributed by atoms with van der Waals surface area (Å²) in [7, 11) is 2.03. The maximum absolute atomic E-state index is 4.70. The van der Waals surface area contributed by atoms with Gasteiger partial charge in [-0.1, -0.05) is 12.1 Å². The highest BCUT2D eigenvalue weighted by Gasteiger charge is 2.19. The summed E-state index contributed by atoms with van der Waals surface area (Å²) in [5.74, 6) is 0.994. The molecule has 2 heterocycles. The number of nitrogens with one attached hydrogen (secondary N) is 1. The van der Waals surface area contributed by atoms with Gasteiger partial charge in [-0.25, -0.2) is 4.98 Å². The summed E-state index contributed by atoms with van der Waals surface area (Å²) >= 11 is 0. The maximum Gasteiger partial charge on any atom is 0.147 e. The number of likely N-dealkylation sites (N-methyl/N-ethyl adjacent to an activating group) is 1. The number of rotatable bonds is 2. The highest BCUT2D eigenvalue weighted by Crippen LogP contribution is 2.19. The molecule has 1 N–H and O–H groups in total. The SMILES string of the molecule is CNC1CCCN(c2cnc3ccccc3n2)C1.Cl. The van der Waals surface area contributed by atoms with E-state index in [2.05, 4.69) is 15.2 Å². The number of benzene rings is 1. The van der Waals surface area contributed by atoms with Crippen LogP contribution in [-0.2, 0) is 0 Å². The Bertz CT molecular complexity index is 546. The van der Waals surface area contributed by atoms with Gasteiger partial charge >= 0.3 is 0 Å². The first kappa shape index (κ1) is 14.0. The van der Waals surface area contributed by atoms with Crippen molar-refractivity contribution in [2.45, 2.75) is 18.9 Å². The van der Waals surface area contributed by atoms with Crippen LogP contribution >= 0.6 is 12.4 Å². The van der Waals surface area contributed by atoms with E-state index in [9.17, 15) is 0 Å². The molecule has 5 heteroatoms. The number of para-hydroxylation sites is 2. The van der Waals surface area contributed by atoms with Gasteiger partial charge in [-0.2, -0.15) is 0 Å². The first-order valence-corrected chi connectivity index (χ1v) is 6.51. The lowest BCUT2D eigenvalue weighted by Gasteiger charge is -2.33. The minimum atomic E-state index is 0. The van der Waals surface area contributed by atoms with Gasteiger partial charge < -0.3 is 10.2 Å². The molecule has 1 atom stereocenters. The quantitative estimate of drug-likeness (QED) is 0.915. The molecule has 4 nitrogen and oxygen atoms in total. The van der Waals surface area contributed by atoms with Gasteiger partial charge in [0, 0.05) is 19.1 Å². The molecule has 1 saturated heterocycles. The average molecular weight is 279 g/mol. The van der Waals surface area contributed by atoms with Crippen LogP contribution in [-0.4, -0.2) is 36.1 Å². The van der Waals surface area contributed by atoms with E-state index in [1.165, 1.54) is 12.8 Å². The van der Waals surface area contributed by atoms with E-state index in [0.29, 0.717) is 6.04 Å². The van der Waals surface area contributed by atoms with Crippen LogP contribution in [0, 0.1) is 0 Å². The second kappa shape index (κ2) is 6.17. The van der Waals surface area contributed by atoms with E-state index in [0.717, 1.165) is 29.9 Å². The first-order valence-electron chi connectivity index (χ1n) is 6.51. The lowest BCUT2D eigenvalue weighted by Crippen LogP contribution is -2.44. The number of nitrogens with zero attached hydrogens (tertiary/aromatic N) is 3. The van der Waals surface area contributed by atoms with Crippen molar-refractivity contribution in [1.29, 1.82) is 0 Å². The Morgan fingerprint density at radius 2 is 2.05 bits per heavy atom. The fraction of sp³-hybridized carbons (Fsp3) is 0.429. The Hall–Kier alpha value is -1.39. The molecule has 0 bridgehead atoms. The molecule has 19 heavy (non-hydrogen) atoms. The van der Waals surface area contributed by atoms with Gasteiger partial charge in [0.1, 0.15) is 5.82 Å². The molecule has 1 aromatic heterocycles. The number of aromatic nitrogens is 2. The molecule has 102 valence electrons. The summed E-state index contributed by atoms with van der Waals surface area (Å²) in [6.45, 7) is 2.09. The minimum absolute atomic E-state index is 0. The number of halogens is 1. The largest absolute Gasteiger partial charge is 0.354 e. The van der Waals surface area contributed by atoms with Gasteiger partial charge in [0.05, 0.1) is 17.2 Å². The molecular weight excluding hydrogens is 260 g/mol. The Morgan fingerprint density at radius 3 is 2.84 bits per heavy atom. The fourth-order valence-corrected chi connectivity index (χ4v) is 2.52. The lowest BCUT2D eigenvalue weighted by atomic mass is 10.1. The van der Waals surface area contributed by atoms with Crippen LogP contribution in [0.3, 0.4) is 0 Å². The number of hydrogen-bond donors (Lipinski definition) is 1. The summed E-state index contributed by atoms with van der Waals surface area (Å²) < 4.78 is 0. The maximum atomic E-state index is 4.70. The van der Waals surface area contributed by atoms with Crippen LogP contribution in [0.25, 0.3) is 11.0 Å². The van der Waals surface area contributed by atoms with Crippen molar-refractivity contribution in [3.8, 4) is 0 Å². The number of piperidine rings is 1. The molecule has 1 aliphatic heterocycles. The summed E-state index contributed by atoms with van der Waals surface area (Å²) in [5, 5.41) is 3.35. The summed E-state index contributed by atoms with van der Waals surface area (Å²) in [6.07, 6.45) is 4.34. The third kappa shape index (κ3) is 2.96. The van der Waals surface area contributed by atoms with Gasteiger partial charge in [-0.3, -0.25) is 4.98 Å². The second-order valence-corrected chi connectivity index (χ2v) is 4.79. The standard InChI is InChI=1S/C14H18N4.ClH/c1-15-11-5-4-8-18(10-11)14-9-16-12-6-2-3-7-13(12)17-14;/h2-3,6-7,9,11,15H,4-5,8,10H2,1H3;1H.